The van der Waals surface area contributed by atoms with Crippen LogP contribution >= 0.6 is 0 Å². The highest BCUT2D eigenvalue weighted by Gasteiger charge is 2.56. The summed E-state index contributed by atoms with van der Waals surface area (Å²) < 4.78 is 22.0. The van der Waals surface area contributed by atoms with Gasteiger partial charge in [-0.2, -0.15) is 10.5 Å². The largest absolute Gasteiger partial charge is 0.419 e. The van der Waals surface area contributed by atoms with Crippen molar-refractivity contribution in [2.24, 2.45) is 0 Å². The molecule has 5 rings (SSSR count). The van der Waals surface area contributed by atoms with Crippen LogP contribution in [0.2, 0.25) is 0 Å². The SMILES string of the molecule is N#Cc1ccc(C=C2C(=O)OC3(CCC4(CC3)OC(=O)C(=Cc3ccc(C#N)cc3)C(=O)O4)OC2=O)cc1. The molecule has 3 fully saturated rings. The van der Waals surface area contributed by atoms with E-state index in [1.807, 2.05) is 12.1 Å². The molecule has 0 N–H and O–H groups in total. The maximum atomic E-state index is 12.7. The van der Waals surface area contributed by atoms with E-state index < -0.39 is 35.5 Å². The van der Waals surface area contributed by atoms with Crippen LogP contribution in [-0.4, -0.2) is 35.5 Å². The van der Waals surface area contributed by atoms with Crippen molar-refractivity contribution in [1.82, 2.24) is 0 Å². The van der Waals surface area contributed by atoms with Crippen molar-refractivity contribution in [3.8, 4) is 12.1 Å². The van der Waals surface area contributed by atoms with Crippen LogP contribution in [0, 0.1) is 22.7 Å². The third-order valence-electron chi connectivity index (χ3n) is 6.47. The van der Waals surface area contributed by atoms with E-state index in [4.69, 9.17) is 29.5 Å². The summed E-state index contributed by atoms with van der Waals surface area (Å²) in [5.74, 6) is -6.62. The lowest BCUT2D eigenvalue weighted by Crippen LogP contribution is -2.56. The lowest BCUT2D eigenvalue weighted by atomic mass is 9.87. The van der Waals surface area contributed by atoms with Crippen LogP contribution in [0.5, 0.6) is 0 Å². The molecule has 2 aromatic carbocycles. The lowest BCUT2D eigenvalue weighted by molar-refractivity contribution is -0.291. The molecule has 0 amide bonds. The predicted molar refractivity (Wildman–Crippen MR) is 127 cm³/mol. The first-order valence-corrected chi connectivity index (χ1v) is 11.6. The number of rotatable bonds is 2. The quantitative estimate of drug-likeness (QED) is 0.335. The monoisotopic (exact) mass is 510 g/mol. The van der Waals surface area contributed by atoms with Crippen molar-refractivity contribution in [3.63, 3.8) is 0 Å². The van der Waals surface area contributed by atoms with Crippen LogP contribution in [0.1, 0.15) is 47.9 Å². The normalized spacial score (nSPS) is 24.5. The van der Waals surface area contributed by atoms with Gasteiger partial charge in [0.2, 0.25) is 0 Å². The van der Waals surface area contributed by atoms with Crippen molar-refractivity contribution < 1.29 is 38.1 Å². The number of hydrogen-bond acceptors (Lipinski definition) is 10. The first-order valence-electron chi connectivity index (χ1n) is 11.6. The molecule has 0 radical (unpaired) electrons. The van der Waals surface area contributed by atoms with Gasteiger partial charge in [0.05, 0.1) is 23.3 Å². The van der Waals surface area contributed by atoms with E-state index in [0.29, 0.717) is 22.3 Å². The first kappa shape index (κ1) is 24.5. The second-order valence-electron chi connectivity index (χ2n) is 8.96. The van der Waals surface area contributed by atoms with Gasteiger partial charge in [0.25, 0.3) is 11.6 Å². The molecule has 1 aliphatic carbocycles. The van der Waals surface area contributed by atoms with Crippen molar-refractivity contribution in [2.45, 2.75) is 37.3 Å². The highest BCUT2D eigenvalue weighted by Crippen LogP contribution is 2.45. The number of hydrogen-bond donors (Lipinski definition) is 0. The van der Waals surface area contributed by atoms with Gasteiger partial charge in [-0.1, -0.05) is 24.3 Å². The van der Waals surface area contributed by atoms with Crippen molar-refractivity contribution >= 4 is 36.0 Å². The minimum absolute atomic E-state index is 0.0517. The molecule has 2 aromatic rings. The van der Waals surface area contributed by atoms with Crippen LogP contribution in [-0.2, 0) is 38.1 Å². The molecule has 2 aliphatic heterocycles. The van der Waals surface area contributed by atoms with E-state index in [0.717, 1.165) is 0 Å². The zero-order valence-corrected chi connectivity index (χ0v) is 19.8. The third-order valence-corrected chi connectivity index (χ3v) is 6.47. The predicted octanol–water partition coefficient (Wildman–Crippen LogP) is 3.06. The Labute approximate surface area is 216 Å². The summed E-state index contributed by atoms with van der Waals surface area (Å²) in [7, 11) is 0. The number of nitriles is 2. The number of nitrogens with zero attached hydrogens (tertiary/aromatic N) is 2. The van der Waals surface area contributed by atoms with Crippen LogP contribution in [0.4, 0.5) is 0 Å². The summed E-state index contributed by atoms with van der Waals surface area (Å²) in [4.78, 5) is 50.8. The van der Waals surface area contributed by atoms with Gasteiger partial charge in [0.15, 0.2) is 0 Å². The first-order chi connectivity index (χ1) is 18.2. The highest BCUT2D eigenvalue weighted by molar-refractivity contribution is 6.19. The van der Waals surface area contributed by atoms with Gasteiger partial charge in [-0.15, -0.1) is 0 Å². The van der Waals surface area contributed by atoms with E-state index in [9.17, 15) is 19.2 Å². The van der Waals surface area contributed by atoms with Gasteiger partial charge in [-0.3, -0.25) is 0 Å². The summed E-state index contributed by atoms with van der Waals surface area (Å²) in [6.07, 6.45) is 2.42. The van der Waals surface area contributed by atoms with Gasteiger partial charge in [-0.25, -0.2) is 19.2 Å². The van der Waals surface area contributed by atoms with E-state index in [2.05, 4.69) is 0 Å². The summed E-state index contributed by atoms with van der Waals surface area (Å²) in [5, 5.41) is 17.8. The smallest absolute Gasteiger partial charge is 0.348 e. The van der Waals surface area contributed by atoms with Crippen molar-refractivity contribution in [2.75, 3.05) is 0 Å². The summed E-state index contributed by atoms with van der Waals surface area (Å²) in [6.45, 7) is 0. The number of carbonyl (C=O) groups is 4. The van der Waals surface area contributed by atoms with Crippen LogP contribution < -0.4 is 0 Å². The molecule has 10 heteroatoms. The van der Waals surface area contributed by atoms with E-state index in [1.165, 1.54) is 12.2 Å². The average Bonchev–Trinajstić information content (AvgIpc) is 2.91. The Hall–Kier alpha value is -5.22. The van der Waals surface area contributed by atoms with Gasteiger partial charge in [0.1, 0.15) is 11.1 Å². The Bertz CT molecular complexity index is 1340. The van der Waals surface area contributed by atoms with Gasteiger partial charge in [0, 0.05) is 25.7 Å². The Morgan fingerprint density at radius 2 is 0.842 bits per heavy atom. The van der Waals surface area contributed by atoms with E-state index >= 15 is 0 Å². The number of esters is 4. The highest BCUT2D eigenvalue weighted by atomic mass is 16.8. The second kappa shape index (κ2) is 9.34. The molecular weight excluding hydrogens is 492 g/mol. The molecule has 10 nitrogen and oxygen atoms in total. The van der Waals surface area contributed by atoms with E-state index in [1.54, 1.807) is 48.5 Å². The van der Waals surface area contributed by atoms with Crippen LogP contribution in [0.25, 0.3) is 12.2 Å². The zero-order valence-electron chi connectivity index (χ0n) is 19.8. The molecule has 1 saturated carbocycles. The molecule has 38 heavy (non-hydrogen) atoms. The molecule has 188 valence electrons. The van der Waals surface area contributed by atoms with Gasteiger partial charge in [-0.05, 0) is 47.5 Å². The summed E-state index contributed by atoms with van der Waals surface area (Å²) >= 11 is 0. The molecule has 0 unspecified atom stereocenters. The number of benzene rings is 2. The van der Waals surface area contributed by atoms with E-state index in [-0.39, 0.29) is 36.8 Å². The van der Waals surface area contributed by atoms with Gasteiger partial charge >= 0.3 is 23.9 Å². The van der Waals surface area contributed by atoms with Crippen LogP contribution in [0.15, 0.2) is 59.7 Å². The topological polar surface area (TPSA) is 153 Å². The fraction of sp³-hybridized carbons (Fsp3) is 0.214. The molecule has 2 heterocycles. The molecule has 0 aromatic heterocycles. The Kier molecular flexibility index (Phi) is 6.01. The maximum absolute atomic E-state index is 12.7. The number of ether oxygens (including phenoxy) is 4. The standard InChI is InChI=1S/C28H18N2O8/c29-15-19-5-1-17(2-6-19)13-21-23(31)35-27(36-24(21)32)9-11-28(12-10-27)37-25(33)22(26(34)38-28)14-18-3-7-20(16-30)8-4-18/h1-8,13-14H,9-12H2. The third kappa shape index (κ3) is 4.63. The molecular formula is C28H18N2O8. The maximum Gasteiger partial charge on any atom is 0.348 e. The summed E-state index contributed by atoms with van der Waals surface area (Å²) in [5.41, 5.74) is 1.28. The molecule has 0 atom stereocenters. The van der Waals surface area contributed by atoms with Crippen molar-refractivity contribution in [3.05, 3.63) is 81.9 Å². The minimum Gasteiger partial charge on any atom is -0.419 e. The minimum atomic E-state index is -1.57. The Morgan fingerprint density at radius 3 is 1.11 bits per heavy atom. The van der Waals surface area contributed by atoms with Gasteiger partial charge < -0.3 is 18.9 Å². The average molecular weight is 510 g/mol. The fourth-order valence-corrected chi connectivity index (χ4v) is 4.40. The fourth-order valence-electron chi connectivity index (χ4n) is 4.40. The van der Waals surface area contributed by atoms with Crippen molar-refractivity contribution in [1.29, 1.82) is 10.5 Å². The molecule has 0 bridgehead atoms. The Balaban J connectivity index is 1.26. The number of carbonyl (C=O) groups excluding carboxylic acids is 4. The van der Waals surface area contributed by atoms with Crippen LogP contribution in [0.3, 0.4) is 0 Å². The molecule has 3 aliphatic rings. The lowest BCUT2D eigenvalue weighted by Gasteiger charge is -2.46. The Morgan fingerprint density at radius 1 is 0.553 bits per heavy atom. The molecule has 2 saturated heterocycles. The summed E-state index contributed by atoms with van der Waals surface area (Å²) in [6, 6.07) is 16.5. The molecule has 2 spiro atoms. The zero-order chi connectivity index (χ0) is 26.9. The second-order valence-corrected chi connectivity index (χ2v) is 8.96.